The predicted octanol–water partition coefficient (Wildman–Crippen LogP) is 6.01. The Hall–Kier alpha value is -2.08. The average Bonchev–Trinajstić information content (AvgIpc) is 2.52. The molecular formula is C20H23F3N2S. The summed E-state index contributed by atoms with van der Waals surface area (Å²) in [5.74, 6) is 0.248. The largest absolute Gasteiger partial charge is 0.416 e. The number of aryl methyl sites for hydroxylation is 2. The van der Waals surface area contributed by atoms with Crippen LogP contribution in [0.5, 0.6) is 0 Å². The standard InChI is InChI=1S/C20H23F3N2S/c1-12(2)18(17-9-8-13(3)10-14(17)4)25-19(26)24-16-7-5-6-15(11-16)20(21,22)23/h5-12,18H,1-4H3,(H2,24,25,26). The molecule has 2 N–H and O–H groups in total. The lowest BCUT2D eigenvalue weighted by Gasteiger charge is -2.26. The number of alkyl halides is 3. The Labute approximate surface area is 157 Å². The normalized spacial score (nSPS) is 12.8. The van der Waals surface area contributed by atoms with E-state index in [4.69, 9.17) is 12.2 Å². The molecule has 140 valence electrons. The first-order valence-electron chi connectivity index (χ1n) is 8.40. The van der Waals surface area contributed by atoms with Crippen molar-refractivity contribution in [3.8, 4) is 0 Å². The van der Waals surface area contributed by atoms with E-state index in [0.717, 1.165) is 23.3 Å². The van der Waals surface area contributed by atoms with Crippen molar-refractivity contribution in [2.24, 2.45) is 5.92 Å². The summed E-state index contributed by atoms with van der Waals surface area (Å²) in [6.07, 6.45) is -4.38. The fourth-order valence-electron chi connectivity index (χ4n) is 2.86. The van der Waals surface area contributed by atoms with Gasteiger partial charge in [0.1, 0.15) is 0 Å². The van der Waals surface area contributed by atoms with Gasteiger partial charge in [-0.3, -0.25) is 0 Å². The molecule has 2 aromatic rings. The summed E-state index contributed by atoms with van der Waals surface area (Å²) >= 11 is 5.33. The Balaban J connectivity index is 2.16. The van der Waals surface area contributed by atoms with Crippen molar-refractivity contribution in [1.82, 2.24) is 5.32 Å². The summed E-state index contributed by atoms with van der Waals surface area (Å²) in [5, 5.41) is 6.39. The van der Waals surface area contributed by atoms with Crippen LogP contribution < -0.4 is 10.6 Å². The van der Waals surface area contributed by atoms with Crippen LogP contribution in [-0.4, -0.2) is 5.11 Å². The van der Waals surface area contributed by atoms with Gasteiger partial charge in [0.2, 0.25) is 0 Å². The van der Waals surface area contributed by atoms with E-state index in [9.17, 15) is 13.2 Å². The van der Waals surface area contributed by atoms with Crippen molar-refractivity contribution in [3.05, 3.63) is 64.7 Å². The SMILES string of the molecule is Cc1ccc(C(NC(=S)Nc2cccc(C(F)(F)F)c2)C(C)C)c(C)c1. The molecule has 0 bridgehead atoms. The molecule has 0 heterocycles. The Morgan fingerprint density at radius 2 is 1.73 bits per heavy atom. The lowest BCUT2D eigenvalue weighted by molar-refractivity contribution is -0.137. The number of halogens is 3. The molecule has 1 unspecified atom stereocenters. The maximum atomic E-state index is 12.8. The topological polar surface area (TPSA) is 24.1 Å². The van der Waals surface area contributed by atoms with Gasteiger partial charge in [-0.15, -0.1) is 0 Å². The maximum absolute atomic E-state index is 12.8. The molecule has 0 radical (unpaired) electrons. The van der Waals surface area contributed by atoms with Gasteiger partial charge in [0, 0.05) is 5.69 Å². The van der Waals surface area contributed by atoms with Crippen molar-refractivity contribution < 1.29 is 13.2 Å². The minimum atomic E-state index is -4.38. The first-order valence-corrected chi connectivity index (χ1v) is 8.80. The Morgan fingerprint density at radius 1 is 1.04 bits per heavy atom. The smallest absolute Gasteiger partial charge is 0.355 e. The highest BCUT2D eigenvalue weighted by atomic mass is 32.1. The fraction of sp³-hybridized carbons (Fsp3) is 0.350. The quantitative estimate of drug-likeness (QED) is 0.636. The first kappa shape index (κ1) is 20.2. The van der Waals surface area contributed by atoms with Crippen LogP contribution in [0.2, 0.25) is 0 Å². The van der Waals surface area contributed by atoms with Crippen LogP contribution in [0.1, 0.15) is 42.1 Å². The zero-order valence-electron chi connectivity index (χ0n) is 15.2. The van der Waals surface area contributed by atoms with Crippen LogP contribution in [0.15, 0.2) is 42.5 Å². The molecule has 0 aliphatic carbocycles. The molecule has 0 fully saturated rings. The van der Waals surface area contributed by atoms with E-state index in [1.165, 1.54) is 11.6 Å². The van der Waals surface area contributed by atoms with Gasteiger partial charge in [-0.05, 0) is 61.3 Å². The van der Waals surface area contributed by atoms with E-state index in [-0.39, 0.29) is 12.0 Å². The lowest BCUT2D eigenvalue weighted by Crippen LogP contribution is -2.35. The monoisotopic (exact) mass is 380 g/mol. The highest BCUT2D eigenvalue weighted by Gasteiger charge is 2.30. The van der Waals surface area contributed by atoms with Gasteiger partial charge in [-0.2, -0.15) is 13.2 Å². The minimum absolute atomic E-state index is 0.0404. The van der Waals surface area contributed by atoms with E-state index in [1.54, 1.807) is 6.07 Å². The van der Waals surface area contributed by atoms with Crippen molar-refractivity contribution in [3.63, 3.8) is 0 Å². The van der Waals surface area contributed by atoms with Crippen molar-refractivity contribution in [2.45, 2.75) is 39.9 Å². The van der Waals surface area contributed by atoms with E-state index in [2.05, 4.69) is 36.6 Å². The van der Waals surface area contributed by atoms with E-state index in [0.29, 0.717) is 10.8 Å². The molecular weight excluding hydrogens is 357 g/mol. The molecule has 0 saturated carbocycles. The van der Waals surface area contributed by atoms with Crippen molar-refractivity contribution in [1.29, 1.82) is 0 Å². The van der Waals surface area contributed by atoms with Crippen molar-refractivity contribution >= 4 is 23.0 Å². The number of thiocarbonyl (C=S) groups is 1. The Bertz CT molecular complexity index is 785. The maximum Gasteiger partial charge on any atom is 0.416 e. The van der Waals surface area contributed by atoms with Crippen LogP contribution >= 0.6 is 12.2 Å². The summed E-state index contributed by atoms with van der Waals surface area (Å²) in [7, 11) is 0. The van der Waals surface area contributed by atoms with Crippen LogP contribution in [0, 0.1) is 19.8 Å². The third kappa shape index (κ3) is 5.21. The summed E-state index contributed by atoms with van der Waals surface area (Å²) in [6.45, 7) is 8.23. The van der Waals surface area contributed by atoms with Gasteiger partial charge >= 0.3 is 6.18 Å². The third-order valence-electron chi connectivity index (χ3n) is 4.16. The molecule has 2 rings (SSSR count). The zero-order valence-corrected chi connectivity index (χ0v) is 16.1. The third-order valence-corrected chi connectivity index (χ3v) is 4.38. The van der Waals surface area contributed by atoms with Gasteiger partial charge in [0.05, 0.1) is 11.6 Å². The van der Waals surface area contributed by atoms with E-state index in [1.807, 2.05) is 19.9 Å². The molecule has 0 aliphatic rings. The number of benzene rings is 2. The highest BCUT2D eigenvalue weighted by molar-refractivity contribution is 7.80. The summed E-state index contributed by atoms with van der Waals surface area (Å²) in [5.41, 5.74) is 3.05. The number of rotatable bonds is 4. The number of anilines is 1. The number of hydrogen-bond acceptors (Lipinski definition) is 1. The second-order valence-corrected chi connectivity index (χ2v) is 7.17. The summed E-state index contributed by atoms with van der Waals surface area (Å²) in [4.78, 5) is 0. The molecule has 1 atom stereocenters. The van der Waals surface area contributed by atoms with Crippen LogP contribution in [0.4, 0.5) is 18.9 Å². The second kappa shape index (κ2) is 8.08. The number of hydrogen-bond donors (Lipinski definition) is 2. The zero-order chi connectivity index (χ0) is 19.5. The molecule has 2 aromatic carbocycles. The summed E-state index contributed by atoms with van der Waals surface area (Å²) < 4.78 is 38.5. The molecule has 2 nitrogen and oxygen atoms in total. The molecule has 0 aromatic heterocycles. The second-order valence-electron chi connectivity index (χ2n) is 6.76. The van der Waals surface area contributed by atoms with Gasteiger partial charge < -0.3 is 10.6 Å². The molecule has 0 aliphatic heterocycles. The fourth-order valence-corrected chi connectivity index (χ4v) is 3.10. The van der Waals surface area contributed by atoms with Crippen LogP contribution in [0.25, 0.3) is 0 Å². The molecule has 26 heavy (non-hydrogen) atoms. The highest BCUT2D eigenvalue weighted by Crippen LogP contribution is 2.31. The Morgan fingerprint density at radius 3 is 2.31 bits per heavy atom. The van der Waals surface area contributed by atoms with Crippen molar-refractivity contribution in [2.75, 3.05) is 5.32 Å². The van der Waals surface area contributed by atoms with E-state index < -0.39 is 11.7 Å². The van der Waals surface area contributed by atoms with Gasteiger partial charge in [0.15, 0.2) is 5.11 Å². The average molecular weight is 380 g/mol. The van der Waals surface area contributed by atoms with Gasteiger partial charge in [-0.1, -0.05) is 43.7 Å². The minimum Gasteiger partial charge on any atom is -0.355 e. The summed E-state index contributed by atoms with van der Waals surface area (Å²) in [6, 6.07) is 11.2. The van der Waals surface area contributed by atoms with Gasteiger partial charge in [-0.25, -0.2) is 0 Å². The van der Waals surface area contributed by atoms with Gasteiger partial charge in [0.25, 0.3) is 0 Å². The predicted molar refractivity (Wildman–Crippen MR) is 104 cm³/mol. The van der Waals surface area contributed by atoms with Crippen LogP contribution in [0.3, 0.4) is 0 Å². The Kier molecular flexibility index (Phi) is 6.29. The molecule has 0 spiro atoms. The molecule has 6 heteroatoms. The first-order chi connectivity index (χ1) is 12.1. The van der Waals surface area contributed by atoms with Crippen LogP contribution in [-0.2, 0) is 6.18 Å². The number of nitrogens with one attached hydrogen (secondary N) is 2. The van der Waals surface area contributed by atoms with E-state index >= 15 is 0 Å². The lowest BCUT2D eigenvalue weighted by atomic mass is 9.92. The molecule has 0 saturated heterocycles. The molecule has 0 amide bonds.